The average molecular weight is 417 g/mol. The summed E-state index contributed by atoms with van der Waals surface area (Å²) in [5.41, 5.74) is 4.03. The highest BCUT2D eigenvalue weighted by molar-refractivity contribution is 7.92. The van der Waals surface area contributed by atoms with E-state index in [1.54, 1.807) is 6.07 Å². The van der Waals surface area contributed by atoms with Gasteiger partial charge in [0, 0.05) is 5.69 Å². The third-order valence-corrected chi connectivity index (χ3v) is 6.40. The molecule has 1 heterocycles. The van der Waals surface area contributed by atoms with Crippen LogP contribution in [-0.2, 0) is 20.2 Å². The predicted octanol–water partition coefficient (Wildman–Crippen LogP) is 3.77. The first-order valence-corrected chi connectivity index (χ1v) is 11.4. The number of fused-ring (bicyclic) bond motifs is 1. The Bertz CT molecular complexity index is 1050. The van der Waals surface area contributed by atoms with Crippen LogP contribution in [0.1, 0.15) is 37.5 Å². The molecule has 0 radical (unpaired) electrons. The minimum Gasteiger partial charge on any atom is -0.476 e. The molecule has 0 aromatic heterocycles. The third kappa shape index (κ3) is 4.40. The van der Waals surface area contributed by atoms with Crippen molar-refractivity contribution >= 4 is 27.3 Å². The largest absolute Gasteiger partial charge is 0.476 e. The number of anilines is 2. The van der Waals surface area contributed by atoms with Crippen LogP contribution in [0.5, 0.6) is 5.75 Å². The van der Waals surface area contributed by atoms with E-state index < -0.39 is 16.1 Å². The van der Waals surface area contributed by atoms with Gasteiger partial charge in [-0.1, -0.05) is 39.0 Å². The van der Waals surface area contributed by atoms with E-state index in [0.717, 1.165) is 22.9 Å². The van der Waals surface area contributed by atoms with Gasteiger partial charge in [-0.05, 0) is 54.2 Å². The fourth-order valence-electron chi connectivity index (χ4n) is 3.27. The van der Waals surface area contributed by atoms with E-state index >= 15 is 0 Å². The second-order valence-electron chi connectivity index (χ2n) is 8.57. The summed E-state index contributed by atoms with van der Waals surface area (Å²) in [6.07, 6.45) is 0.198. The first-order chi connectivity index (χ1) is 13.4. The van der Waals surface area contributed by atoms with Gasteiger partial charge in [0.15, 0.2) is 6.10 Å². The molecule has 0 saturated carbocycles. The van der Waals surface area contributed by atoms with Crippen molar-refractivity contribution in [3.63, 3.8) is 0 Å². The Morgan fingerprint density at radius 2 is 1.86 bits per heavy atom. The molecule has 1 amide bonds. The van der Waals surface area contributed by atoms with Gasteiger partial charge in [-0.3, -0.25) is 9.10 Å². The van der Waals surface area contributed by atoms with Gasteiger partial charge in [-0.25, -0.2) is 8.42 Å². The Labute approximate surface area is 172 Å². The number of nitrogens with one attached hydrogen (secondary N) is 1. The van der Waals surface area contributed by atoms with Gasteiger partial charge < -0.3 is 10.1 Å². The number of carbonyl (C=O) groups is 1. The zero-order chi connectivity index (χ0) is 21.6. The van der Waals surface area contributed by atoms with E-state index in [1.807, 2.05) is 44.2 Å². The topological polar surface area (TPSA) is 75.7 Å². The first kappa shape index (κ1) is 21.2. The van der Waals surface area contributed by atoms with Gasteiger partial charge in [0.05, 0.1) is 18.5 Å². The molecule has 0 saturated heterocycles. The average Bonchev–Trinajstić information content (AvgIpc) is 2.62. The number of amides is 1. The Morgan fingerprint density at radius 3 is 2.48 bits per heavy atom. The summed E-state index contributed by atoms with van der Waals surface area (Å²) in [7, 11) is -3.58. The molecule has 0 fully saturated rings. The SMILES string of the molecule is Cc1cccc(NC(=O)[C@H]2CN(S(C)(=O)=O)c3cc(C(C)(C)C)ccc3O2)c1C. The van der Waals surface area contributed by atoms with Crippen LogP contribution in [0.3, 0.4) is 0 Å². The van der Waals surface area contributed by atoms with Crippen molar-refractivity contribution < 1.29 is 17.9 Å². The molecule has 2 aromatic rings. The number of sulfonamides is 1. The molecule has 0 unspecified atom stereocenters. The zero-order valence-corrected chi connectivity index (χ0v) is 18.6. The highest BCUT2D eigenvalue weighted by atomic mass is 32.2. The second kappa shape index (κ2) is 7.37. The molecule has 1 N–H and O–H groups in total. The summed E-state index contributed by atoms with van der Waals surface area (Å²) in [6, 6.07) is 11.1. The summed E-state index contributed by atoms with van der Waals surface area (Å²) < 4.78 is 32.1. The molecular weight excluding hydrogens is 388 g/mol. The van der Waals surface area contributed by atoms with Gasteiger partial charge in [0.25, 0.3) is 5.91 Å². The van der Waals surface area contributed by atoms with Crippen molar-refractivity contribution in [3.05, 3.63) is 53.1 Å². The van der Waals surface area contributed by atoms with Crippen molar-refractivity contribution in [1.29, 1.82) is 0 Å². The van der Waals surface area contributed by atoms with Crippen molar-refractivity contribution in [2.45, 2.75) is 46.1 Å². The normalized spacial score (nSPS) is 16.8. The summed E-state index contributed by atoms with van der Waals surface area (Å²) in [5, 5.41) is 2.87. The van der Waals surface area contributed by atoms with Gasteiger partial charge >= 0.3 is 0 Å². The number of hydrogen-bond acceptors (Lipinski definition) is 4. The quantitative estimate of drug-likeness (QED) is 0.826. The van der Waals surface area contributed by atoms with Crippen molar-refractivity contribution in [3.8, 4) is 5.75 Å². The molecule has 156 valence electrons. The van der Waals surface area contributed by atoms with Crippen LogP contribution in [0.15, 0.2) is 36.4 Å². The highest BCUT2D eigenvalue weighted by Crippen LogP contribution is 2.38. The Morgan fingerprint density at radius 1 is 1.17 bits per heavy atom. The Hall–Kier alpha value is -2.54. The Kier molecular flexibility index (Phi) is 5.38. The highest BCUT2D eigenvalue weighted by Gasteiger charge is 2.36. The number of rotatable bonds is 3. The van der Waals surface area contributed by atoms with E-state index in [9.17, 15) is 13.2 Å². The Balaban J connectivity index is 1.94. The summed E-state index contributed by atoms with van der Waals surface area (Å²) in [4.78, 5) is 12.9. The second-order valence-corrected chi connectivity index (χ2v) is 10.5. The number of ether oxygens (including phenoxy) is 1. The summed E-state index contributed by atoms with van der Waals surface area (Å²) in [6.45, 7) is 10.0. The molecule has 7 heteroatoms. The summed E-state index contributed by atoms with van der Waals surface area (Å²) >= 11 is 0. The molecule has 6 nitrogen and oxygen atoms in total. The molecule has 29 heavy (non-hydrogen) atoms. The maximum absolute atomic E-state index is 12.9. The van der Waals surface area contributed by atoms with Gasteiger partial charge in [0.1, 0.15) is 5.75 Å². The fourth-order valence-corrected chi connectivity index (χ4v) is 4.17. The lowest BCUT2D eigenvalue weighted by atomic mass is 9.86. The number of carbonyl (C=O) groups excluding carboxylic acids is 1. The van der Waals surface area contributed by atoms with E-state index in [2.05, 4.69) is 26.1 Å². The van der Waals surface area contributed by atoms with E-state index in [-0.39, 0.29) is 17.9 Å². The monoisotopic (exact) mass is 416 g/mol. The molecular formula is C22H28N2O4S. The van der Waals surface area contributed by atoms with Crippen LogP contribution in [0, 0.1) is 13.8 Å². The van der Waals surface area contributed by atoms with E-state index in [1.165, 1.54) is 4.31 Å². The lowest BCUT2D eigenvalue weighted by molar-refractivity contribution is -0.122. The third-order valence-electron chi connectivity index (χ3n) is 5.25. The number of aryl methyl sites for hydroxylation is 1. The van der Waals surface area contributed by atoms with Crippen LogP contribution < -0.4 is 14.4 Å². The summed E-state index contributed by atoms with van der Waals surface area (Å²) in [5.74, 6) is 0.00804. The van der Waals surface area contributed by atoms with Crippen LogP contribution in [-0.4, -0.2) is 33.2 Å². The molecule has 2 aromatic carbocycles. The van der Waals surface area contributed by atoms with Gasteiger partial charge in [-0.2, -0.15) is 0 Å². The van der Waals surface area contributed by atoms with E-state index in [4.69, 9.17) is 4.74 Å². The minimum atomic E-state index is -3.58. The van der Waals surface area contributed by atoms with Crippen LogP contribution in [0.25, 0.3) is 0 Å². The lowest BCUT2D eigenvalue weighted by Gasteiger charge is -2.35. The number of nitrogens with zero attached hydrogens (tertiary/aromatic N) is 1. The van der Waals surface area contributed by atoms with Crippen LogP contribution in [0.2, 0.25) is 0 Å². The molecule has 0 spiro atoms. The minimum absolute atomic E-state index is 0.0733. The van der Waals surface area contributed by atoms with Crippen molar-refractivity contribution in [2.75, 3.05) is 22.4 Å². The lowest BCUT2D eigenvalue weighted by Crippen LogP contribution is -2.48. The maximum Gasteiger partial charge on any atom is 0.267 e. The van der Waals surface area contributed by atoms with E-state index in [0.29, 0.717) is 17.1 Å². The standard InChI is InChI=1S/C22H28N2O4S/c1-14-8-7-9-17(15(14)2)23-21(25)20-13-24(29(6,26)27)18-12-16(22(3,4)5)10-11-19(18)28-20/h7-12,20H,13H2,1-6H3,(H,23,25)/t20-/m1/s1. The smallest absolute Gasteiger partial charge is 0.267 e. The molecule has 0 aliphatic carbocycles. The van der Waals surface area contributed by atoms with Crippen molar-refractivity contribution in [2.24, 2.45) is 0 Å². The number of benzene rings is 2. The molecule has 0 bridgehead atoms. The van der Waals surface area contributed by atoms with Gasteiger partial charge in [-0.15, -0.1) is 0 Å². The number of hydrogen-bond donors (Lipinski definition) is 1. The fraction of sp³-hybridized carbons (Fsp3) is 0.409. The maximum atomic E-state index is 12.9. The van der Waals surface area contributed by atoms with Crippen LogP contribution in [0.4, 0.5) is 11.4 Å². The molecule has 1 aliphatic heterocycles. The predicted molar refractivity (Wildman–Crippen MR) is 116 cm³/mol. The first-order valence-electron chi connectivity index (χ1n) is 9.54. The molecule has 3 rings (SSSR count). The zero-order valence-electron chi connectivity index (χ0n) is 17.7. The van der Waals surface area contributed by atoms with Gasteiger partial charge in [0.2, 0.25) is 10.0 Å². The van der Waals surface area contributed by atoms with Crippen LogP contribution >= 0.6 is 0 Å². The molecule has 1 aliphatic rings. The molecule has 1 atom stereocenters. The van der Waals surface area contributed by atoms with Crippen molar-refractivity contribution in [1.82, 2.24) is 0 Å².